The summed E-state index contributed by atoms with van der Waals surface area (Å²) in [6.45, 7) is 13.4. The molecule has 1 aliphatic heterocycles. The van der Waals surface area contributed by atoms with Gasteiger partial charge in [-0.15, -0.1) is 0 Å². The van der Waals surface area contributed by atoms with Gasteiger partial charge in [-0.05, 0) is 19.1 Å². The summed E-state index contributed by atoms with van der Waals surface area (Å²) < 4.78 is 1.20. The summed E-state index contributed by atoms with van der Waals surface area (Å²) in [6, 6.07) is 0. The zero-order valence-corrected chi connectivity index (χ0v) is 9.58. The van der Waals surface area contributed by atoms with Gasteiger partial charge in [0.05, 0.1) is 26.2 Å². The fourth-order valence-corrected chi connectivity index (χ4v) is 1.99. The first kappa shape index (κ1) is 13.9. The molecule has 3 heteroatoms. The van der Waals surface area contributed by atoms with Crippen LogP contribution < -0.4 is 5.11 Å². The lowest BCUT2D eigenvalue weighted by Gasteiger charge is -2.31. The van der Waals surface area contributed by atoms with Crippen LogP contribution in [0.1, 0.15) is 19.8 Å². The van der Waals surface area contributed by atoms with Gasteiger partial charge in [0.2, 0.25) is 0 Å². The van der Waals surface area contributed by atoms with Crippen LogP contribution in [0.2, 0.25) is 0 Å². The molecule has 0 N–H and O–H groups in total. The number of carboxylic acids is 1. The third-order valence-corrected chi connectivity index (χ3v) is 2.55. The second-order valence-corrected chi connectivity index (χ2v) is 3.93. The normalized spacial score (nSPS) is 17.4. The van der Waals surface area contributed by atoms with Crippen molar-refractivity contribution in [1.29, 1.82) is 0 Å². The Labute approximate surface area is 92.3 Å². The Kier molecular flexibility index (Phi) is 6.71. The summed E-state index contributed by atoms with van der Waals surface area (Å²) in [6.07, 6.45) is 6.83. The third kappa shape index (κ3) is 6.07. The van der Waals surface area contributed by atoms with Crippen molar-refractivity contribution >= 4 is 5.97 Å². The first-order valence-corrected chi connectivity index (χ1v) is 5.31. The van der Waals surface area contributed by atoms with Crippen molar-refractivity contribution in [3.8, 4) is 0 Å². The Hall–Kier alpha value is -1.09. The maximum atomic E-state index is 8.89. The summed E-state index contributed by atoms with van der Waals surface area (Å²) in [5.74, 6) is -1.08. The number of aliphatic carboxylic acids is 1. The van der Waals surface area contributed by atoms with Gasteiger partial charge in [-0.2, -0.15) is 0 Å². The second kappa shape index (κ2) is 7.23. The van der Waals surface area contributed by atoms with Gasteiger partial charge in [0.25, 0.3) is 0 Å². The molecule has 0 unspecified atom stereocenters. The zero-order valence-electron chi connectivity index (χ0n) is 9.58. The quantitative estimate of drug-likeness (QED) is 0.508. The SMILES string of the molecule is C=CC[N+]1(CC=C)CCCC1.CC(=O)[O-]. The number of carbonyl (C=O) groups is 1. The molecule has 0 aromatic carbocycles. The smallest absolute Gasteiger partial charge is 0.0973 e. The first-order chi connectivity index (χ1) is 7.06. The number of quaternary nitrogens is 1. The first-order valence-electron chi connectivity index (χ1n) is 5.31. The molecular formula is C12H21NO2. The van der Waals surface area contributed by atoms with E-state index in [1.165, 1.54) is 30.4 Å². The summed E-state index contributed by atoms with van der Waals surface area (Å²) in [4.78, 5) is 8.89. The van der Waals surface area contributed by atoms with Crippen molar-refractivity contribution in [3.63, 3.8) is 0 Å². The van der Waals surface area contributed by atoms with Gasteiger partial charge >= 0.3 is 0 Å². The molecule has 3 nitrogen and oxygen atoms in total. The minimum atomic E-state index is -1.08. The average Bonchev–Trinajstić information content (AvgIpc) is 2.53. The van der Waals surface area contributed by atoms with Crippen LogP contribution in [0.4, 0.5) is 0 Å². The largest absolute Gasteiger partial charge is 0.550 e. The number of rotatable bonds is 4. The second-order valence-electron chi connectivity index (χ2n) is 3.93. The molecule has 0 saturated carbocycles. The van der Waals surface area contributed by atoms with E-state index in [2.05, 4.69) is 13.2 Å². The number of carboxylic acid groups (broad SMARTS) is 1. The van der Waals surface area contributed by atoms with Crippen molar-refractivity contribution in [2.45, 2.75) is 19.8 Å². The number of hydrogen-bond donors (Lipinski definition) is 0. The molecule has 0 atom stereocenters. The van der Waals surface area contributed by atoms with E-state index in [0.29, 0.717) is 0 Å². The highest BCUT2D eigenvalue weighted by Gasteiger charge is 2.28. The van der Waals surface area contributed by atoms with Crippen LogP contribution in [-0.4, -0.2) is 36.6 Å². The predicted octanol–water partition coefficient (Wildman–Crippen LogP) is 0.725. The topological polar surface area (TPSA) is 40.1 Å². The van der Waals surface area contributed by atoms with E-state index in [4.69, 9.17) is 9.90 Å². The Morgan fingerprint density at radius 2 is 1.60 bits per heavy atom. The highest BCUT2D eigenvalue weighted by molar-refractivity contribution is 5.60. The number of nitrogens with zero attached hydrogens (tertiary/aromatic N) is 1. The van der Waals surface area contributed by atoms with Crippen LogP contribution in [0, 0.1) is 0 Å². The van der Waals surface area contributed by atoms with E-state index < -0.39 is 5.97 Å². The van der Waals surface area contributed by atoms with E-state index in [1.54, 1.807) is 0 Å². The van der Waals surface area contributed by atoms with Gasteiger partial charge in [-0.25, -0.2) is 0 Å². The Morgan fingerprint density at radius 1 is 1.27 bits per heavy atom. The van der Waals surface area contributed by atoms with Crippen LogP contribution in [0.3, 0.4) is 0 Å². The standard InChI is InChI=1S/C10H18N.C2H4O2/c1-3-7-11(8-4-2)9-5-6-10-11;1-2(3)4/h3-4H,1-2,5-10H2;1H3,(H,3,4)/q+1;/p-1. The zero-order chi connectivity index (χ0) is 11.7. The average molecular weight is 211 g/mol. The van der Waals surface area contributed by atoms with E-state index in [1.807, 2.05) is 12.2 Å². The van der Waals surface area contributed by atoms with Crippen LogP contribution in [-0.2, 0) is 4.79 Å². The summed E-state index contributed by atoms with van der Waals surface area (Å²) in [5, 5.41) is 8.89. The fourth-order valence-electron chi connectivity index (χ4n) is 1.99. The molecule has 1 saturated heterocycles. The maximum Gasteiger partial charge on any atom is 0.0973 e. The van der Waals surface area contributed by atoms with Crippen LogP contribution in [0.5, 0.6) is 0 Å². The molecule has 15 heavy (non-hydrogen) atoms. The molecule has 0 aliphatic carbocycles. The summed E-state index contributed by atoms with van der Waals surface area (Å²) >= 11 is 0. The highest BCUT2D eigenvalue weighted by Crippen LogP contribution is 2.18. The lowest BCUT2D eigenvalue weighted by atomic mass is 10.3. The minimum absolute atomic E-state index is 0.972. The molecular weight excluding hydrogens is 190 g/mol. The maximum absolute atomic E-state index is 8.89. The molecule has 1 aliphatic rings. The van der Waals surface area contributed by atoms with Gasteiger partial charge in [-0.1, -0.05) is 13.2 Å². The highest BCUT2D eigenvalue weighted by atomic mass is 16.4. The molecule has 1 fully saturated rings. The molecule has 0 amide bonds. The van der Waals surface area contributed by atoms with Crippen LogP contribution in [0.25, 0.3) is 0 Å². The van der Waals surface area contributed by atoms with Crippen LogP contribution in [0.15, 0.2) is 25.3 Å². The Balaban J connectivity index is 0.000000423. The van der Waals surface area contributed by atoms with E-state index >= 15 is 0 Å². The van der Waals surface area contributed by atoms with E-state index in [-0.39, 0.29) is 0 Å². The fraction of sp³-hybridized carbons (Fsp3) is 0.583. The molecule has 0 bridgehead atoms. The van der Waals surface area contributed by atoms with Crippen molar-refractivity contribution in [3.05, 3.63) is 25.3 Å². The van der Waals surface area contributed by atoms with Gasteiger partial charge in [0.15, 0.2) is 0 Å². The summed E-state index contributed by atoms with van der Waals surface area (Å²) in [7, 11) is 0. The van der Waals surface area contributed by atoms with Crippen molar-refractivity contribution < 1.29 is 14.4 Å². The molecule has 0 radical (unpaired) electrons. The molecule has 0 aromatic rings. The van der Waals surface area contributed by atoms with Crippen molar-refractivity contribution in [1.82, 2.24) is 0 Å². The lowest BCUT2D eigenvalue weighted by molar-refractivity contribution is -0.905. The predicted molar refractivity (Wildman–Crippen MR) is 60.0 cm³/mol. The lowest BCUT2D eigenvalue weighted by Crippen LogP contribution is -2.45. The minimum Gasteiger partial charge on any atom is -0.550 e. The monoisotopic (exact) mass is 211 g/mol. The van der Waals surface area contributed by atoms with Gasteiger partial charge in [0, 0.05) is 18.8 Å². The molecule has 1 heterocycles. The van der Waals surface area contributed by atoms with E-state index in [0.717, 1.165) is 20.0 Å². The van der Waals surface area contributed by atoms with Gasteiger partial charge in [0.1, 0.15) is 0 Å². The van der Waals surface area contributed by atoms with E-state index in [9.17, 15) is 0 Å². The Morgan fingerprint density at radius 3 is 1.87 bits per heavy atom. The Bertz CT molecular complexity index is 202. The molecule has 0 spiro atoms. The van der Waals surface area contributed by atoms with Gasteiger partial charge < -0.3 is 14.4 Å². The van der Waals surface area contributed by atoms with Crippen molar-refractivity contribution in [2.24, 2.45) is 0 Å². The van der Waals surface area contributed by atoms with Gasteiger partial charge in [-0.3, -0.25) is 0 Å². The van der Waals surface area contributed by atoms with Crippen molar-refractivity contribution in [2.75, 3.05) is 26.2 Å². The number of carbonyl (C=O) groups excluding carboxylic acids is 1. The number of hydrogen-bond acceptors (Lipinski definition) is 2. The summed E-state index contributed by atoms with van der Waals surface area (Å²) in [5.41, 5.74) is 0. The number of likely N-dealkylation sites (tertiary alicyclic amines) is 1. The third-order valence-electron chi connectivity index (χ3n) is 2.55. The van der Waals surface area contributed by atoms with Crippen LogP contribution >= 0.6 is 0 Å². The molecule has 0 aromatic heterocycles. The molecule has 86 valence electrons. The molecule has 1 rings (SSSR count).